The molecule has 96 valence electrons. The van der Waals surface area contributed by atoms with Crippen molar-refractivity contribution in [2.75, 3.05) is 0 Å². The predicted octanol–water partition coefficient (Wildman–Crippen LogP) is 4.18. The van der Waals surface area contributed by atoms with Crippen LogP contribution in [0.15, 0.2) is 0 Å². The molecule has 0 aromatic rings. The third kappa shape index (κ3) is 6.86. The molecule has 0 aliphatic rings. The minimum Gasteiger partial charge on any atom is -0.462 e. The number of carbonyl (C=O) groups excluding carboxylic acids is 1. The molecule has 0 amide bonds. The van der Waals surface area contributed by atoms with Crippen molar-refractivity contribution < 1.29 is 9.53 Å². The van der Waals surface area contributed by atoms with Crippen molar-refractivity contribution in [3.05, 3.63) is 0 Å². The highest BCUT2D eigenvalue weighted by Crippen LogP contribution is 2.14. The Morgan fingerprint density at radius 3 is 2.19 bits per heavy atom. The molecule has 0 aromatic heterocycles. The Morgan fingerprint density at radius 2 is 1.69 bits per heavy atom. The molecule has 2 atom stereocenters. The number of unbranched alkanes of at least 4 members (excludes halogenated alkanes) is 3. The zero-order valence-electron chi connectivity index (χ0n) is 11.6. The summed E-state index contributed by atoms with van der Waals surface area (Å²) in [7, 11) is 0. The van der Waals surface area contributed by atoms with Crippen LogP contribution in [0, 0.1) is 11.8 Å². The monoisotopic (exact) mass is 228 g/mol. The molecule has 2 unspecified atom stereocenters. The van der Waals surface area contributed by atoms with Gasteiger partial charge in [-0.1, -0.05) is 47.0 Å². The van der Waals surface area contributed by atoms with E-state index in [9.17, 15) is 4.79 Å². The van der Waals surface area contributed by atoms with Gasteiger partial charge in [0.1, 0.15) is 0 Å². The largest absolute Gasteiger partial charge is 0.462 e. The van der Waals surface area contributed by atoms with Crippen LogP contribution < -0.4 is 0 Å². The van der Waals surface area contributed by atoms with E-state index < -0.39 is 0 Å². The van der Waals surface area contributed by atoms with Gasteiger partial charge in [0, 0.05) is 0 Å². The van der Waals surface area contributed by atoms with Crippen molar-refractivity contribution in [2.24, 2.45) is 11.8 Å². The van der Waals surface area contributed by atoms with E-state index in [1.165, 1.54) is 25.7 Å². The van der Waals surface area contributed by atoms with E-state index in [2.05, 4.69) is 20.8 Å². The zero-order chi connectivity index (χ0) is 12.6. The molecule has 0 fully saturated rings. The second-order valence-corrected chi connectivity index (χ2v) is 5.13. The molecular weight excluding hydrogens is 200 g/mol. The molecule has 0 spiro atoms. The molecule has 0 rings (SSSR count). The molecule has 2 nitrogen and oxygen atoms in total. The Bertz CT molecular complexity index is 187. The van der Waals surface area contributed by atoms with Gasteiger partial charge < -0.3 is 4.74 Å². The average Bonchev–Trinajstić information content (AvgIpc) is 2.23. The molecule has 0 aliphatic heterocycles. The molecule has 0 aliphatic carbocycles. The minimum absolute atomic E-state index is 0.0121. The van der Waals surface area contributed by atoms with Gasteiger partial charge in [0.25, 0.3) is 0 Å². The van der Waals surface area contributed by atoms with Crippen molar-refractivity contribution in [3.63, 3.8) is 0 Å². The van der Waals surface area contributed by atoms with E-state index in [0.29, 0.717) is 5.92 Å². The lowest BCUT2D eigenvalue weighted by Gasteiger charge is -2.18. The first-order chi connectivity index (χ1) is 7.49. The molecule has 0 bridgehead atoms. The molecule has 0 saturated carbocycles. The second-order valence-electron chi connectivity index (χ2n) is 5.13. The van der Waals surface area contributed by atoms with Crippen molar-refractivity contribution in [1.29, 1.82) is 0 Å². The van der Waals surface area contributed by atoms with Crippen LogP contribution in [0.2, 0.25) is 0 Å². The van der Waals surface area contributed by atoms with Gasteiger partial charge in [0.15, 0.2) is 0 Å². The summed E-state index contributed by atoms with van der Waals surface area (Å²) in [6.45, 7) is 10.2. The highest BCUT2D eigenvalue weighted by Gasteiger charge is 2.19. The molecule has 0 aromatic carbocycles. The molecular formula is C14H28O2. The summed E-state index contributed by atoms with van der Waals surface area (Å²) in [6, 6.07) is 0. The normalized spacial score (nSPS) is 14.9. The van der Waals surface area contributed by atoms with E-state index >= 15 is 0 Å². The third-order valence-corrected chi connectivity index (χ3v) is 3.15. The number of hydrogen-bond acceptors (Lipinski definition) is 2. The summed E-state index contributed by atoms with van der Waals surface area (Å²) in [4.78, 5) is 11.7. The van der Waals surface area contributed by atoms with Crippen LogP contribution in [-0.2, 0) is 9.53 Å². The Balaban J connectivity index is 3.69. The first kappa shape index (κ1) is 15.5. The maximum atomic E-state index is 11.7. The summed E-state index contributed by atoms with van der Waals surface area (Å²) in [5.41, 5.74) is 0. The van der Waals surface area contributed by atoms with Crippen LogP contribution in [0.25, 0.3) is 0 Å². The summed E-state index contributed by atoms with van der Waals surface area (Å²) in [5, 5.41) is 0. The molecule has 16 heavy (non-hydrogen) atoms. The van der Waals surface area contributed by atoms with E-state index in [1.54, 1.807) is 0 Å². The van der Waals surface area contributed by atoms with Crippen molar-refractivity contribution in [1.82, 2.24) is 0 Å². The summed E-state index contributed by atoms with van der Waals surface area (Å²) in [6.07, 6.45) is 6.01. The fourth-order valence-electron chi connectivity index (χ4n) is 1.50. The predicted molar refractivity (Wildman–Crippen MR) is 68.3 cm³/mol. The van der Waals surface area contributed by atoms with Gasteiger partial charge in [-0.2, -0.15) is 0 Å². The lowest BCUT2D eigenvalue weighted by molar-refractivity contribution is -0.154. The van der Waals surface area contributed by atoms with E-state index in [1.807, 2.05) is 13.8 Å². The highest BCUT2D eigenvalue weighted by atomic mass is 16.5. The maximum absolute atomic E-state index is 11.7. The van der Waals surface area contributed by atoms with E-state index in [4.69, 9.17) is 4.74 Å². The van der Waals surface area contributed by atoms with E-state index in [-0.39, 0.29) is 18.0 Å². The molecule has 0 N–H and O–H groups in total. The van der Waals surface area contributed by atoms with Crippen LogP contribution in [0.1, 0.15) is 66.7 Å². The van der Waals surface area contributed by atoms with Crippen molar-refractivity contribution >= 4 is 5.97 Å². The topological polar surface area (TPSA) is 26.3 Å². The Labute approximate surface area is 101 Å². The molecule has 0 saturated heterocycles. The fraction of sp³-hybridized carbons (Fsp3) is 0.929. The average molecular weight is 228 g/mol. The lowest BCUT2D eigenvalue weighted by atomic mass is 9.98. The third-order valence-electron chi connectivity index (χ3n) is 3.15. The number of rotatable bonds is 8. The van der Waals surface area contributed by atoms with Gasteiger partial charge in [-0.05, 0) is 25.7 Å². The van der Waals surface area contributed by atoms with Crippen LogP contribution in [0.3, 0.4) is 0 Å². The second kappa shape index (κ2) is 8.60. The van der Waals surface area contributed by atoms with Gasteiger partial charge in [-0.3, -0.25) is 4.79 Å². The number of esters is 1. The summed E-state index contributed by atoms with van der Waals surface area (Å²) >= 11 is 0. The molecule has 2 heteroatoms. The smallest absolute Gasteiger partial charge is 0.309 e. The van der Waals surface area contributed by atoms with Crippen LogP contribution >= 0.6 is 0 Å². The van der Waals surface area contributed by atoms with Crippen molar-refractivity contribution in [2.45, 2.75) is 72.8 Å². The number of hydrogen-bond donors (Lipinski definition) is 0. The van der Waals surface area contributed by atoms with Crippen LogP contribution in [0.4, 0.5) is 0 Å². The quantitative estimate of drug-likeness (QED) is 0.460. The van der Waals surface area contributed by atoms with Gasteiger partial charge in [0.05, 0.1) is 12.0 Å². The maximum Gasteiger partial charge on any atom is 0.309 e. The SMILES string of the molecule is CCCCCCC(C)OC(=O)C(C)C(C)C. The summed E-state index contributed by atoms with van der Waals surface area (Å²) in [5.74, 6) is 0.330. The standard InChI is InChI=1S/C14H28O2/c1-6-7-8-9-10-12(4)16-14(15)13(5)11(2)3/h11-13H,6-10H2,1-5H3. The Kier molecular flexibility index (Phi) is 8.32. The first-order valence-electron chi connectivity index (χ1n) is 6.69. The van der Waals surface area contributed by atoms with Gasteiger partial charge in [0.2, 0.25) is 0 Å². The first-order valence-corrected chi connectivity index (χ1v) is 6.69. The van der Waals surface area contributed by atoms with Gasteiger partial charge in [-0.15, -0.1) is 0 Å². The lowest BCUT2D eigenvalue weighted by Crippen LogP contribution is -2.24. The minimum atomic E-state index is -0.0435. The molecule has 0 radical (unpaired) electrons. The van der Waals surface area contributed by atoms with Crippen LogP contribution in [0.5, 0.6) is 0 Å². The summed E-state index contributed by atoms with van der Waals surface area (Å²) < 4.78 is 5.41. The Hall–Kier alpha value is -0.530. The van der Waals surface area contributed by atoms with Crippen LogP contribution in [-0.4, -0.2) is 12.1 Å². The number of ether oxygens (including phenoxy) is 1. The fourth-order valence-corrected chi connectivity index (χ4v) is 1.50. The number of carbonyl (C=O) groups is 1. The van der Waals surface area contributed by atoms with Gasteiger partial charge >= 0.3 is 5.97 Å². The Morgan fingerprint density at radius 1 is 1.06 bits per heavy atom. The molecule has 0 heterocycles. The van der Waals surface area contributed by atoms with Gasteiger partial charge in [-0.25, -0.2) is 0 Å². The van der Waals surface area contributed by atoms with E-state index in [0.717, 1.165) is 6.42 Å². The highest BCUT2D eigenvalue weighted by molar-refractivity contribution is 5.72. The van der Waals surface area contributed by atoms with Crippen molar-refractivity contribution in [3.8, 4) is 0 Å². The zero-order valence-corrected chi connectivity index (χ0v) is 11.6.